The molecular formula is C32H29ClF2N6O. The van der Waals surface area contributed by atoms with Crippen molar-refractivity contribution in [1.29, 1.82) is 0 Å². The number of hydrogen-bond acceptors (Lipinski definition) is 6. The predicted molar refractivity (Wildman–Crippen MR) is 162 cm³/mol. The van der Waals surface area contributed by atoms with Crippen molar-refractivity contribution in [2.24, 2.45) is 4.99 Å². The van der Waals surface area contributed by atoms with E-state index in [1.807, 2.05) is 29.2 Å². The molecule has 1 aromatic heterocycles. The third-order valence-corrected chi connectivity index (χ3v) is 8.09. The molecule has 0 unspecified atom stereocenters. The highest BCUT2D eigenvalue weighted by atomic mass is 35.5. The molecule has 3 aliphatic rings. The van der Waals surface area contributed by atoms with E-state index in [1.54, 1.807) is 18.5 Å². The zero-order chi connectivity index (χ0) is 29.4. The van der Waals surface area contributed by atoms with Crippen LogP contribution in [-0.4, -0.2) is 64.1 Å². The van der Waals surface area contributed by atoms with Gasteiger partial charge in [0.2, 0.25) is 5.95 Å². The van der Waals surface area contributed by atoms with E-state index in [2.05, 4.69) is 34.3 Å². The second-order valence-corrected chi connectivity index (χ2v) is 11.1. The second-order valence-electron chi connectivity index (χ2n) is 10.7. The number of carbonyl (C=O) groups excluding carboxylic acids is 1. The summed E-state index contributed by atoms with van der Waals surface area (Å²) in [6.07, 6.45) is 8.97. The number of benzene rings is 2. The minimum Gasteiger partial charge on any atom is -0.339 e. The van der Waals surface area contributed by atoms with Crippen LogP contribution in [0.4, 0.5) is 20.4 Å². The van der Waals surface area contributed by atoms with E-state index < -0.39 is 11.6 Å². The Morgan fingerprint density at radius 2 is 1.79 bits per heavy atom. The summed E-state index contributed by atoms with van der Waals surface area (Å²) in [5, 5.41) is 3.31. The number of aromatic nitrogens is 2. The maximum atomic E-state index is 14.8. The maximum absolute atomic E-state index is 14.8. The van der Waals surface area contributed by atoms with Gasteiger partial charge in [-0.3, -0.25) is 4.79 Å². The first-order valence-electron chi connectivity index (χ1n) is 13.8. The molecule has 3 aromatic rings. The second kappa shape index (κ2) is 11.6. The van der Waals surface area contributed by atoms with Crippen LogP contribution in [0.25, 0.3) is 11.1 Å². The Balaban J connectivity index is 1.26. The SMILES string of the molecule is CN(C)C1CCN(C(=O)c2cccc(Nc3ncc4c(n3)C3=CN=C(Cl)C=C(c5c(F)cccc5F)C3=CC4)c2)CC1. The summed E-state index contributed by atoms with van der Waals surface area (Å²) in [7, 11) is 4.15. The summed E-state index contributed by atoms with van der Waals surface area (Å²) in [6.45, 7) is 1.44. The van der Waals surface area contributed by atoms with Crippen molar-refractivity contribution in [3.63, 3.8) is 0 Å². The lowest BCUT2D eigenvalue weighted by Crippen LogP contribution is -2.44. The van der Waals surface area contributed by atoms with Crippen LogP contribution in [0.3, 0.4) is 0 Å². The van der Waals surface area contributed by atoms with Crippen LogP contribution < -0.4 is 5.32 Å². The van der Waals surface area contributed by atoms with Gasteiger partial charge in [-0.1, -0.05) is 29.8 Å². The van der Waals surface area contributed by atoms with Crippen LogP contribution in [-0.2, 0) is 6.42 Å². The maximum Gasteiger partial charge on any atom is 0.253 e. The van der Waals surface area contributed by atoms with Gasteiger partial charge in [-0.25, -0.2) is 23.7 Å². The van der Waals surface area contributed by atoms with Gasteiger partial charge in [0.05, 0.1) is 11.3 Å². The first-order chi connectivity index (χ1) is 20.3. The molecule has 0 spiro atoms. The highest BCUT2D eigenvalue weighted by Gasteiger charge is 2.28. The van der Waals surface area contributed by atoms with Gasteiger partial charge in [0.15, 0.2) is 0 Å². The average molecular weight is 587 g/mol. The van der Waals surface area contributed by atoms with Crippen LogP contribution in [0.1, 0.15) is 40.0 Å². The van der Waals surface area contributed by atoms with E-state index in [4.69, 9.17) is 16.6 Å². The Bertz CT molecular complexity index is 1670. The molecule has 1 fully saturated rings. The van der Waals surface area contributed by atoms with Crippen LogP contribution in [0.15, 0.2) is 77.6 Å². The number of piperidine rings is 1. The minimum absolute atomic E-state index is 0.00459. The molecular weight excluding hydrogens is 558 g/mol. The summed E-state index contributed by atoms with van der Waals surface area (Å²) in [5.41, 5.74) is 3.96. The number of nitrogens with one attached hydrogen (secondary N) is 1. The van der Waals surface area contributed by atoms with Crippen molar-refractivity contribution in [2.75, 3.05) is 32.5 Å². The Morgan fingerprint density at radius 1 is 1.05 bits per heavy atom. The minimum atomic E-state index is -0.694. The van der Waals surface area contributed by atoms with E-state index >= 15 is 0 Å². The average Bonchev–Trinajstić information content (AvgIpc) is 3.15. The number of nitrogens with zero attached hydrogens (tertiary/aromatic N) is 5. The van der Waals surface area contributed by atoms with Crippen LogP contribution in [0, 0.1) is 11.6 Å². The molecule has 10 heteroatoms. The van der Waals surface area contributed by atoms with Crippen molar-refractivity contribution in [1.82, 2.24) is 19.8 Å². The number of hydrogen-bond donors (Lipinski definition) is 1. The van der Waals surface area contributed by atoms with Crippen LogP contribution in [0.5, 0.6) is 0 Å². The summed E-state index contributed by atoms with van der Waals surface area (Å²) >= 11 is 6.30. The molecule has 1 aliphatic carbocycles. The van der Waals surface area contributed by atoms with Crippen molar-refractivity contribution in [3.8, 4) is 0 Å². The summed E-state index contributed by atoms with van der Waals surface area (Å²) in [5.74, 6) is -1.08. The molecule has 6 rings (SSSR count). The largest absolute Gasteiger partial charge is 0.339 e. The quantitative estimate of drug-likeness (QED) is 0.384. The Kier molecular flexibility index (Phi) is 7.70. The first kappa shape index (κ1) is 27.9. The fourth-order valence-corrected chi connectivity index (χ4v) is 5.79. The number of fused-ring (bicyclic) bond motifs is 3. The van der Waals surface area contributed by atoms with Gasteiger partial charge in [0, 0.05) is 53.9 Å². The number of likely N-dealkylation sites (tertiary alicyclic amines) is 1. The summed E-state index contributed by atoms with van der Waals surface area (Å²) < 4.78 is 29.7. The summed E-state index contributed by atoms with van der Waals surface area (Å²) in [6, 6.07) is 11.5. The highest BCUT2D eigenvalue weighted by Crippen LogP contribution is 2.41. The third-order valence-electron chi connectivity index (χ3n) is 7.89. The number of allylic oxidation sites excluding steroid dienone is 5. The Labute approximate surface area is 247 Å². The lowest BCUT2D eigenvalue weighted by molar-refractivity contribution is 0.0663. The van der Waals surface area contributed by atoms with Gasteiger partial charge in [0.1, 0.15) is 16.8 Å². The number of carbonyl (C=O) groups is 1. The highest BCUT2D eigenvalue weighted by molar-refractivity contribution is 6.69. The number of rotatable bonds is 5. The molecule has 7 nitrogen and oxygen atoms in total. The fourth-order valence-electron chi connectivity index (χ4n) is 5.63. The lowest BCUT2D eigenvalue weighted by atomic mass is 9.84. The van der Waals surface area contributed by atoms with Crippen LogP contribution >= 0.6 is 11.6 Å². The molecule has 1 saturated heterocycles. The van der Waals surface area contributed by atoms with Crippen molar-refractivity contribution < 1.29 is 13.6 Å². The van der Waals surface area contributed by atoms with E-state index in [0.717, 1.165) is 31.5 Å². The molecule has 214 valence electrons. The normalized spacial score (nSPS) is 17.0. The molecule has 0 atom stereocenters. The smallest absolute Gasteiger partial charge is 0.253 e. The molecule has 1 amide bonds. The van der Waals surface area contributed by atoms with Crippen molar-refractivity contribution in [3.05, 3.63) is 107 Å². The topological polar surface area (TPSA) is 73.7 Å². The zero-order valence-electron chi connectivity index (χ0n) is 23.2. The van der Waals surface area contributed by atoms with Crippen molar-refractivity contribution in [2.45, 2.75) is 25.3 Å². The standard InChI is InChI=1S/C32H29ClF2N6O/c1-40(2)22-11-13-41(14-12-22)31(42)19-5-3-6-21(15-19)38-32-37-17-20-9-10-23-24(29-26(34)7-4-8-27(29)35)16-28(33)36-18-25(23)30(20)39-32/h3-8,10,15-18,22H,9,11-14H2,1-2H3,(H,37,38,39). The van der Waals surface area contributed by atoms with E-state index in [-0.39, 0.29) is 16.6 Å². The van der Waals surface area contributed by atoms with Gasteiger partial charge >= 0.3 is 0 Å². The monoisotopic (exact) mass is 586 g/mol. The number of amides is 1. The Morgan fingerprint density at radius 3 is 2.52 bits per heavy atom. The van der Waals surface area contributed by atoms with Gasteiger partial charge in [-0.2, -0.15) is 0 Å². The molecule has 3 heterocycles. The first-order valence-corrected chi connectivity index (χ1v) is 14.2. The zero-order valence-corrected chi connectivity index (χ0v) is 24.0. The number of halogens is 3. The third kappa shape index (κ3) is 5.49. The van der Waals surface area contributed by atoms with Crippen LogP contribution in [0.2, 0.25) is 0 Å². The number of anilines is 2. The van der Waals surface area contributed by atoms with Gasteiger partial charge in [0.25, 0.3) is 5.91 Å². The van der Waals surface area contributed by atoms with Gasteiger partial charge in [-0.05, 0) is 80.9 Å². The van der Waals surface area contributed by atoms with E-state index in [9.17, 15) is 13.6 Å². The molecule has 0 bridgehead atoms. The molecule has 0 radical (unpaired) electrons. The fraction of sp³-hybridized carbons (Fsp3) is 0.250. The van der Waals surface area contributed by atoms with Gasteiger partial charge in [-0.15, -0.1) is 0 Å². The van der Waals surface area contributed by atoms with Gasteiger partial charge < -0.3 is 15.1 Å². The molecule has 0 saturated carbocycles. The molecule has 1 N–H and O–H groups in total. The molecule has 42 heavy (non-hydrogen) atoms. The Hall–Kier alpha value is -4.21. The molecule has 2 aromatic carbocycles. The van der Waals surface area contributed by atoms with E-state index in [1.165, 1.54) is 24.3 Å². The lowest BCUT2D eigenvalue weighted by Gasteiger charge is -2.35. The van der Waals surface area contributed by atoms with E-state index in [0.29, 0.717) is 52.1 Å². The van der Waals surface area contributed by atoms with Crippen molar-refractivity contribution >= 4 is 45.5 Å². The molecule has 2 aliphatic heterocycles. The number of aliphatic imine (C=N–C) groups is 1. The predicted octanol–water partition coefficient (Wildman–Crippen LogP) is 6.22. The summed E-state index contributed by atoms with van der Waals surface area (Å²) in [4.78, 5) is 30.9.